The summed E-state index contributed by atoms with van der Waals surface area (Å²) >= 11 is 0. The molecule has 2 heterocycles. The van der Waals surface area contributed by atoms with E-state index in [9.17, 15) is 4.39 Å². The van der Waals surface area contributed by atoms with E-state index in [1.165, 1.54) is 36.0 Å². The number of hydrogen-bond donors (Lipinski definition) is 0. The Morgan fingerprint density at radius 1 is 1.08 bits per heavy atom. The van der Waals surface area contributed by atoms with Gasteiger partial charge < -0.3 is 0 Å². The summed E-state index contributed by atoms with van der Waals surface area (Å²) in [5, 5.41) is 0. The first-order valence-corrected chi connectivity index (χ1v) is 8.97. The van der Waals surface area contributed by atoms with Crippen LogP contribution in [-0.2, 0) is 6.54 Å². The summed E-state index contributed by atoms with van der Waals surface area (Å²) in [7, 11) is 0. The van der Waals surface area contributed by atoms with Gasteiger partial charge in [-0.3, -0.25) is 4.90 Å². The minimum atomic E-state index is -0.140. The Labute approximate surface area is 143 Å². The van der Waals surface area contributed by atoms with Crippen molar-refractivity contribution >= 4 is 5.57 Å². The van der Waals surface area contributed by atoms with Crippen LogP contribution in [0.1, 0.15) is 42.4 Å². The highest BCUT2D eigenvalue weighted by molar-refractivity contribution is 5.70. The average Bonchev–Trinajstić information content (AvgIpc) is 2.56. The Balaban J connectivity index is 1.62. The van der Waals surface area contributed by atoms with Gasteiger partial charge in [0, 0.05) is 18.6 Å². The summed E-state index contributed by atoms with van der Waals surface area (Å²) in [4.78, 5) is 2.67. The number of benzene rings is 2. The number of rotatable bonds is 3. The average molecular weight is 321 g/mol. The SMILES string of the molecule is Cc1cc(F)ccc1C1=CC2CCCC(C1)N2Cc1ccccc1. The summed E-state index contributed by atoms with van der Waals surface area (Å²) in [6.45, 7) is 3.05. The van der Waals surface area contributed by atoms with Gasteiger partial charge in [0.1, 0.15) is 5.82 Å². The lowest BCUT2D eigenvalue weighted by Gasteiger charge is -2.45. The number of halogens is 1. The molecule has 124 valence electrons. The molecule has 0 saturated carbocycles. The first-order valence-electron chi connectivity index (χ1n) is 8.97. The molecule has 2 aliphatic heterocycles. The van der Waals surface area contributed by atoms with Gasteiger partial charge in [0.25, 0.3) is 0 Å². The second kappa shape index (κ2) is 6.52. The third kappa shape index (κ3) is 3.03. The summed E-state index contributed by atoms with van der Waals surface area (Å²) in [6.07, 6.45) is 7.33. The van der Waals surface area contributed by atoms with Crippen molar-refractivity contribution in [1.29, 1.82) is 0 Å². The Morgan fingerprint density at radius 3 is 2.67 bits per heavy atom. The van der Waals surface area contributed by atoms with Crippen LogP contribution in [0.4, 0.5) is 4.39 Å². The minimum Gasteiger partial charge on any atom is -0.289 e. The molecule has 24 heavy (non-hydrogen) atoms. The van der Waals surface area contributed by atoms with Gasteiger partial charge in [-0.2, -0.15) is 0 Å². The molecular formula is C22H24FN. The van der Waals surface area contributed by atoms with E-state index >= 15 is 0 Å². The van der Waals surface area contributed by atoms with Crippen molar-refractivity contribution in [3.05, 3.63) is 77.1 Å². The third-order valence-corrected chi connectivity index (χ3v) is 5.52. The number of aryl methyl sites for hydroxylation is 1. The maximum atomic E-state index is 13.4. The maximum Gasteiger partial charge on any atom is 0.123 e. The van der Waals surface area contributed by atoms with Gasteiger partial charge in [-0.25, -0.2) is 4.39 Å². The molecule has 1 nitrogen and oxygen atoms in total. The lowest BCUT2D eigenvalue weighted by atomic mass is 9.81. The molecule has 0 radical (unpaired) electrons. The van der Waals surface area contributed by atoms with Gasteiger partial charge in [-0.15, -0.1) is 0 Å². The number of fused-ring (bicyclic) bond motifs is 2. The quantitative estimate of drug-likeness (QED) is 0.737. The van der Waals surface area contributed by atoms with Gasteiger partial charge in [0.15, 0.2) is 0 Å². The first-order chi connectivity index (χ1) is 11.7. The van der Waals surface area contributed by atoms with Crippen molar-refractivity contribution in [3.8, 4) is 0 Å². The van der Waals surface area contributed by atoms with Crippen LogP contribution in [0.25, 0.3) is 5.57 Å². The fourth-order valence-electron chi connectivity index (χ4n) is 4.35. The molecule has 2 aliphatic rings. The third-order valence-electron chi connectivity index (χ3n) is 5.52. The number of piperidine rings is 1. The van der Waals surface area contributed by atoms with Crippen LogP contribution in [0.5, 0.6) is 0 Å². The standard InChI is InChI=1S/C22H24FN/c1-16-12-19(23)10-11-22(16)18-13-20-8-5-9-21(14-18)24(20)15-17-6-3-2-4-7-17/h2-4,6-7,10-13,20-21H,5,8-9,14-15H2,1H3. The maximum absolute atomic E-state index is 13.4. The van der Waals surface area contributed by atoms with E-state index in [0.29, 0.717) is 12.1 Å². The van der Waals surface area contributed by atoms with E-state index in [1.54, 1.807) is 12.1 Å². The van der Waals surface area contributed by atoms with E-state index in [1.807, 2.05) is 13.0 Å². The van der Waals surface area contributed by atoms with Crippen LogP contribution in [0.2, 0.25) is 0 Å². The van der Waals surface area contributed by atoms with Crippen molar-refractivity contribution in [3.63, 3.8) is 0 Å². The van der Waals surface area contributed by atoms with Crippen LogP contribution in [0.3, 0.4) is 0 Å². The van der Waals surface area contributed by atoms with Crippen LogP contribution < -0.4 is 0 Å². The summed E-state index contributed by atoms with van der Waals surface area (Å²) in [6, 6.07) is 17.1. The Kier molecular flexibility index (Phi) is 4.24. The largest absolute Gasteiger partial charge is 0.289 e. The highest BCUT2D eigenvalue weighted by atomic mass is 19.1. The minimum absolute atomic E-state index is 0.140. The van der Waals surface area contributed by atoms with Gasteiger partial charge in [-0.1, -0.05) is 48.9 Å². The normalized spacial score (nSPS) is 23.8. The molecule has 1 saturated heterocycles. The topological polar surface area (TPSA) is 3.24 Å². The zero-order valence-electron chi connectivity index (χ0n) is 14.2. The zero-order chi connectivity index (χ0) is 16.5. The summed E-state index contributed by atoms with van der Waals surface area (Å²) in [5.74, 6) is -0.140. The van der Waals surface area contributed by atoms with Crippen LogP contribution in [0.15, 0.2) is 54.6 Å². The van der Waals surface area contributed by atoms with E-state index in [2.05, 4.69) is 41.3 Å². The van der Waals surface area contributed by atoms with Gasteiger partial charge in [-0.05, 0) is 60.6 Å². The van der Waals surface area contributed by atoms with Gasteiger partial charge in [0.05, 0.1) is 0 Å². The molecule has 2 aromatic rings. The van der Waals surface area contributed by atoms with Gasteiger partial charge >= 0.3 is 0 Å². The molecular weight excluding hydrogens is 297 g/mol. The number of nitrogens with zero attached hydrogens (tertiary/aromatic N) is 1. The van der Waals surface area contributed by atoms with Crippen molar-refractivity contribution in [2.24, 2.45) is 0 Å². The fourth-order valence-corrected chi connectivity index (χ4v) is 4.35. The molecule has 2 bridgehead atoms. The summed E-state index contributed by atoms with van der Waals surface area (Å²) in [5.41, 5.74) is 5.08. The van der Waals surface area contributed by atoms with Crippen molar-refractivity contribution in [1.82, 2.24) is 4.90 Å². The molecule has 2 aromatic carbocycles. The predicted octanol–water partition coefficient (Wildman–Crippen LogP) is 5.34. The Morgan fingerprint density at radius 2 is 1.92 bits per heavy atom. The fraction of sp³-hybridized carbons (Fsp3) is 0.364. The van der Waals surface area contributed by atoms with E-state index < -0.39 is 0 Å². The molecule has 2 heteroatoms. The van der Waals surface area contributed by atoms with Crippen LogP contribution >= 0.6 is 0 Å². The van der Waals surface area contributed by atoms with Crippen LogP contribution in [0, 0.1) is 12.7 Å². The smallest absolute Gasteiger partial charge is 0.123 e. The molecule has 2 unspecified atom stereocenters. The number of hydrogen-bond acceptors (Lipinski definition) is 1. The highest BCUT2D eigenvalue weighted by Crippen LogP contribution is 2.38. The molecule has 0 N–H and O–H groups in total. The Hall–Kier alpha value is -1.93. The Bertz CT molecular complexity index is 750. The van der Waals surface area contributed by atoms with Crippen molar-refractivity contribution in [2.45, 2.75) is 51.2 Å². The molecule has 1 fully saturated rings. The van der Waals surface area contributed by atoms with Crippen molar-refractivity contribution in [2.75, 3.05) is 0 Å². The summed E-state index contributed by atoms with van der Waals surface area (Å²) < 4.78 is 13.4. The molecule has 4 rings (SSSR count). The first kappa shape index (κ1) is 15.6. The predicted molar refractivity (Wildman–Crippen MR) is 97.1 cm³/mol. The molecule has 0 spiro atoms. The highest BCUT2D eigenvalue weighted by Gasteiger charge is 2.34. The lowest BCUT2D eigenvalue weighted by molar-refractivity contribution is 0.0951. The zero-order valence-corrected chi connectivity index (χ0v) is 14.2. The monoisotopic (exact) mass is 321 g/mol. The molecule has 0 amide bonds. The van der Waals surface area contributed by atoms with E-state index in [-0.39, 0.29) is 5.82 Å². The lowest BCUT2D eigenvalue weighted by Crippen LogP contribution is -2.47. The van der Waals surface area contributed by atoms with Gasteiger partial charge in [0.2, 0.25) is 0 Å². The van der Waals surface area contributed by atoms with Crippen molar-refractivity contribution < 1.29 is 4.39 Å². The molecule has 0 aliphatic carbocycles. The van der Waals surface area contributed by atoms with E-state index in [4.69, 9.17) is 0 Å². The second-order valence-corrected chi connectivity index (χ2v) is 7.17. The second-order valence-electron chi connectivity index (χ2n) is 7.17. The molecule has 2 atom stereocenters. The molecule has 0 aromatic heterocycles. The van der Waals surface area contributed by atoms with E-state index in [0.717, 1.165) is 18.5 Å². The van der Waals surface area contributed by atoms with Crippen LogP contribution in [-0.4, -0.2) is 17.0 Å².